The highest BCUT2D eigenvalue weighted by atomic mass is 14.3. The highest BCUT2D eigenvalue weighted by Crippen LogP contribution is 2.00. The van der Waals surface area contributed by atoms with Crippen molar-refractivity contribution in [2.45, 2.75) is 54.4 Å². The Morgan fingerprint density at radius 1 is 1.00 bits per heavy atom. The molecule has 0 radical (unpaired) electrons. The highest BCUT2D eigenvalue weighted by molar-refractivity contribution is 5.48. The van der Waals surface area contributed by atoms with Crippen molar-refractivity contribution >= 4 is 6.21 Å². The Hall–Kier alpha value is -1.11. The Balaban J connectivity index is -0.000000206. The second kappa shape index (κ2) is 23.6. The van der Waals surface area contributed by atoms with Crippen LogP contribution < -0.4 is 0 Å². The molecule has 1 aromatic carbocycles. The molecule has 1 N–H and O–H groups in total. The van der Waals surface area contributed by atoms with Gasteiger partial charge in [-0.25, -0.2) is 0 Å². The summed E-state index contributed by atoms with van der Waals surface area (Å²) < 4.78 is 0. The van der Waals surface area contributed by atoms with E-state index in [0.717, 1.165) is 0 Å². The molecule has 0 spiro atoms. The van der Waals surface area contributed by atoms with E-state index in [0.29, 0.717) is 0 Å². The van der Waals surface area contributed by atoms with Gasteiger partial charge in [0.25, 0.3) is 0 Å². The highest BCUT2D eigenvalue weighted by Gasteiger charge is 1.84. The van der Waals surface area contributed by atoms with Crippen LogP contribution in [-0.4, -0.2) is 6.21 Å². The van der Waals surface area contributed by atoms with Crippen LogP contribution in [0.5, 0.6) is 0 Å². The van der Waals surface area contributed by atoms with E-state index in [1.54, 1.807) is 6.92 Å². The average molecular weight is 223 g/mol. The topological polar surface area (TPSA) is 23.9 Å². The molecule has 1 rings (SSSR count). The van der Waals surface area contributed by atoms with Gasteiger partial charge in [-0.05, 0) is 25.1 Å². The van der Waals surface area contributed by atoms with Gasteiger partial charge in [-0.3, -0.25) is 0 Å². The number of nitrogens with one attached hydrogen (secondary N) is 1. The third-order valence-electron chi connectivity index (χ3n) is 1.38. The third kappa shape index (κ3) is 18.6. The maximum Gasteiger partial charge on any atom is -0.00788 e. The first-order valence-electron chi connectivity index (χ1n) is 6.34. The Bertz CT molecular complexity index is 192. The maximum absolute atomic E-state index is 6.08. The van der Waals surface area contributed by atoms with Gasteiger partial charge in [0.15, 0.2) is 0 Å². The fourth-order valence-corrected chi connectivity index (χ4v) is 0.933. The van der Waals surface area contributed by atoms with Crippen LogP contribution in [-0.2, 0) is 6.42 Å². The molecule has 16 heavy (non-hydrogen) atoms. The summed E-state index contributed by atoms with van der Waals surface area (Å²) in [7, 11) is 0. The van der Waals surface area contributed by atoms with Crippen molar-refractivity contribution < 1.29 is 0 Å². The summed E-state index contributed by atoms with van der Waals surface area (Å²) in [5, 5.41) is 6.08. The van der Waals surface area contributed by atoms with E-state index < -0.39 is 0 Å². The van der Waals surface area contributed by atoms with Crippen LogP contribution in [0.3, 0.4) is 0 Å². The van der Waals surface area contributed by atoms with Gasteiger partial charge in [-0.1, -0.05) is 71.4 Å². The Morgan fingerprint density at radius 3 is 1.69 bits per heavy atom. The van der Waals surface area contributed by atoms with Crippen molar-refractivity contribution in [1.82, 2.24) is 0 Å². The van der Waals surface area contributed by atoms with Gasteiger partial charge in [0.05, 0.1) is 0 Å². The predicted molar refractivity (Wildman–Crippen MR) is 77.6 cm³/mol. The molecule has 0 aliphatic carbocycles. The molecule has 0 saturated carbocycles. The van der Waals surface area contributed by atoms with Crippen LogP contribution in [0.2, 0.25) is 0 Å². The van der Waals surface area contributed by atoms with Gasteiger partial charge in [0.1, 0.15) is 0 Å². The Kier molecular flexibility index (Phi) is 30.0. The molecule has 0 aliphatic heterocycles. The lowest BCUT2D eigenvalue weighted by atomic mass is 10.1. The average Bonchev–Trinajstić information content (AvgIpc) is 2.37. The molecule has 0 unspecified atom stereocenters. The lowest BCUT2D eigenvalue weighted by Crippen LogP contribution is -1.78. The van der Waals surface area contributed by atoms with Crippen molar-refractivity contribution in [3.8, 4) is 0 Å². The van der Waals surface area contributed by atoms with E-state index in [2.05, 4.69) is 37.3 Å². The summed E-state index contributed by atoms with van der Waals surface area (Å²) in [5.74, 6) is 0. The summed E-state index contributed by atoms with van der Waals surface area (Å²) in [5.41, 5.74) is 1.44. The summed E-state index contributed by atoms with van der Waals surface area (Å²) in [6.45, 7) is 11.9. The van der Waals surface area contributed by atoms with Crippen LogP contribution in [0.1, 0.15) is 53.5 Å². The first kappa shape index (κ1) is 20.3. The second-order valence-electron chi connectivity index (χ2n) is 2.52. The van der Waals surface area contributed by atoms with Gasteiger partial charge in [-0.15, -0.1) is 0 Å². The summed E-state index contributed by atoms with van der Waals surface area (Å²) >= 11 is 0. The number of hydrogen-bond acceptors (Lipinski definition) is 1. The molecular formula is C15H29N. The van der Waals surface area contributed by atoms with Gasteiger partial charge < -0.3 is 5.41 Å². The molecule has 0 amide bonds. The Labute approximate surface area is 102 Å². The molecule has 1 heteroatoms. The van der Waals surface area contributed by atoms with Crippen molar-refractivity contribution in [3.63, 3.8) is 0 Å². The van der Waals surface area contributed by atoms with Crippen molar-refractivity contribution in [2.24, 2.45) is 0 Å². The fourth-order valence-electron chi connectivity index (χ4n) is 0.933. The summed E-state index contributed by atoms with van der Waals surface area (Å²) in [6, 6.07) is 10.6. The zero-order chi connectivity index (χ0) is 13.2. The minimum absolute atomic E-state index is 1.21. The van der Waals surface area contributed by atoms with E-state index in [-0.39, 0.29) is 0 Å². The number of rotatable bonds is 2. The molecule has 0 atom stereocenters. The molecule has 0 bridgehead atoms. The summed E-state index contributed by atoms with van der Waals surface area (Å²) in [6.07, 6.45) is 3.70. The van der Waals surface area contributed by atoms with Crippen LogP contribution >= 0.6 is 0 Å². The van der Waals surface area contributed by atoms with E-state index in [1.165, 1.54) is 24.6 Å². The smallest absolute Gasteiger partial charge is 0.00788 e. The second-order valence-corrected chi connectivity index (χ2v) is 2.52. The molecule has 1 nitrogen and oxygen atoms in total. The number of benzene rings is 1. The van der Waals surface area contributed by atoms with E-state index in [4.69, 9.17) is 5.41 Å². The molecule has 1 aromatic rings. The summed E-state index contributed by atoms with van der Waals surface area (Å²) in [4.78, 5) is 0. The molecule has 0 heterocycles. The first-order chi connectivity index (χ1) is 7.85. The van der Waals surface area contributed by atoms with Crippen LogP contribution in [0.4, 0.5) is 0 Å². The fraction of sp³-hybridized carbons (Fsp3) is 0.533. The molecular weight excluding hydrogens is 194 g/mol. The molecule has 0 aliphatic rings. The largest absolute Gasteiger partial charge is 0.313 e. The van der Waals surface area contributed by atoms with Gasteiger partial charge in [0, 0.05) is 0 Å². The van der Waals surface area contributed by atoms with Crippen LogP contribution in [0, 0.1) is 5.41 Å². The van der Waals surface area contributed by atoms with Crippen LogP contribution in [0.15, 0.2) is 30.3 Å². The van der Waals surface area contributed by atoms with Crippen molar-refractivity contribution in [2.75, 3.05) is 0 Å². The minimum atomic E-state index is 1.21. The number of hydrogen-bond donors (Lipinski definition) is 1. The van der Waals surface area contributed by atoms with Crippen molar-refractivity contribution in [1.29, 1.82) is 5.41 Å². The molecule has 0 fully saturated rings. The van der Waals surface area contributed by atoms with Crippen molar-refractivity contribution in [3.05, 3.63) is 35.9 Å². The van der Waals surface area contributed by atoms with Gasteiger partial charge in [-0.2, -0.15) is 0 Å². The standard InChI is InChI=1S/C9H12.C2H5N.2C2H6/c1-2-6-9-7-4-3-5-8-9;1-2-3;2*1-2/h3-5,7-8H,2,6H2,1H3;2-3H,1H3;2*1-2H3. The van der Waals surface area contributed by atoms with E-state index >= 15 is 0 Å². The van der Waals surface area contributed by atoms with Gasteiger partial charge >= 0.3 is 0 Å². The first-order valence-corrected chi connectivity index (χ1v) is 6.34. The van der Waals surface area contributed by atoms with E-state index in [1.807, 2.05) is 27.7 Å². The lowest BCUT2D eigenvalue weighted by Gasteiger charge is -1.93. The normalized spacial score (nSPS) is 6.88. The molecule has 0 saturated heterocycles. The predicted octanol–water partition coefficient (Wildman–Crippen LogP) is 5.35. The quantitative estimate of drug-likeness (QED) is 0.654. The molecule has 0 aromatic heterocycles. The SMILES string of the molecule is CC.CC.CC=N.CCCc1ccccc1. The third-order valence-corrected chi connectivity index (χ3v) is 1.38. The maximum atomic E-state index is 6.08. The Morgan fingerprint density at radius 2 is 1.38 bits per heavy atom. The molecule has 94 valence electrons. The number of aryl methyl sites for hydroxylation is 1. The minimum Gasteiger partial charge on any atom is -0.313 e. The lowest BCUT2D eigenvalue weighted by molar-refractivity contribution is 0.922. The zero-order valence-electron chi connectivity index (χ0n) is 11.9. The monoisotopic (exact) mass is 223 g/mol. The zero-order valence-corrected chi connectivity index (χ0v) is 11.9. The van der Waals surface area contributed by atoms with Gasteiger partial charge in [0.2, 0.25) is 0 Å². The van der Waals surface area contributed by atoms with Crippen LogP contribution in [0.25, 0.3) is 0 Å². The van der Waals surface area contributed by atoms with E-state index in [9.17, 15) is 0 Å².